The summed E-state index contributed by atoms with van der Waals surface area (Å²) in [4.78, 5) is 12.4. The molecule has 0 amide bonds. The summed E-state index contributed by atoms with van der Waals surface area (Å²) in [5.74, 6) is 0.681. The molecule has 0 aliphatic carbocycles. The van der Waals surface area contributed by atoms with Crippen LogP contribution in [0.3, 0.4) is 0 Å². The van der Waals surface area contributed by atoms with E-state index in [2.05, 4.69) is 18.2 Å². The molecule has 1 atom stereocenters. The largest absolute Gasteiger partial charge is 0.484 e. The fourth-order valence-electron chi connectivity index (χ4n) is 3.00. The molecule has 0 radical (unpaired) electrons. The first kappa shape index (κ1) is 13.4. The third-order valence-electron chi connectivity index (χ3n) is 4.05. The Balaban J connectivity index is 1.81. The van der Waals surface area contributed by atoms with Gasteiger partial charge in [0.25, 0.3) is 0 Å². The molecule has 0 bridgehead atoms. The second kappa shape index (κ2) is 5.15. The van der Waals surface area contributed by atoms with E-state index in [1.54, 1.807) is 18.2 Å². The number of benzene rings is 3. The lowest BCUT2D eigenvalue weighted by Crippen LogP contribution is -2.20. The van der Waals surface area contributed by atoms with Crippen LogP contribution in [0.15, 0.2) is 60.7 Å². The molecule has 0 spiro atoms. The van der Waals surface area contributed by atoms with Crippen LogP contribution in [0, 0.1) is 0 Å². The van der Waals surface area contributed by atoms with E-state index in [1.165, 1.54) is 0 Å². The van der Waals surface area contributed by atoms with Crippen molar-refractivity contribution >= 4 is 28.2 Å². The zero-order chi connectivity index (χ0) is 15.1. The van der Waals surface area contributed by atoms with Gasteiger partial charge in [-0.3, -0.25) is 4.79 Å². The summed E-state index contributed by atoms with van der Waals surface area (Å²) in [7, 11) is 0. The van der Waals surface area contributed by atoms with E-state index < -0.39 is 0 Å². The molecule has 1 aliphatic heterocycles. The summed E-state index contributed by atoms with van der Waals surface area (Å²) in [6, 6.07) is 19.4. The topological polar surface area (TPSA) is 26.3 Å². The Morgan fingerprint density at radius 3 is 2.73 bits per heavy atom. The van der Waals surface area contributed by atoms with Crippen molar-refractivity contribution in [2.24, 2.45) is 0 Å². The summed E-state index contributed by atoms with van der Waals surface area (Å²) in [5.41, 5.74) is 1.62. The van der Waals surface area contributed by atoms with Gasteiger partial charge in [0.15, 0.2) is 5.78 Å². The Kier molecular flexibility index (Phi) is 3.12. The lowest BCUT2D eigenvalue weighted by Gasteiger charge is -2.26. The maximum absolute atomic E-state index is 12.4. The van der Waals surface area contributed by atoms with Crippen molar-refractivity contribution in [3.63, 3.8) is 0 Å². The Morgan fingerprint density at radius 1 is 1.00 bits per heavy atom. The van der Waals surface area contributed by atoms with Gasteiger partial charge in [-0.15, -0.1) is 0 Å². The first-order valence-electron chi connectivity index (χ1n) is 7.19. The molecule has 3 aromatic carbocycles. The number of ether oxygens (including phenoxy) is 1. The standard InChI is InChI=1S/C19H13ClO2/c20-13-8-9-18-16(10-13)17(21)11-19(22-18)15-7-3-5-12-4-1-2-6-14(12)15/h1-10,19H,11H2. The minimum Gasteiger partial charge on any atom is -0.484 e. The fraction of sp³-hybridized carbons (Fsp3) is 0.105. The molecular weight excluding hydrogens is 296 g/mol. The van der Waals surface area contributed by atoms with E-state index in [-0.39, 0.29) is 11.9 Å². The van der Waals surface area contributed by atoms with Crippen LogP contribution in [0.1, 0.15) is 28.4 Å². The van der Waals surface area contributed by atoms with E-state index in [9.17, 15) is 4.79 Å². The SMILES string of the molecule is O=C1CC(c2cccc3ccccc23)Oc2ccc(Cl)cc21. The number of hydrogen-bond acceptors (Lipinski definition) is 2. The van der Waals surface area contributed by atoms with Crippen LogP contribution in [0.25, 0.3) is 10.8 Å². The van der Waals surface area contributed by atoms with Crippen LogP contribution in [0.5, 0.6) is 5.75 Å². The first-order valence-corrected chi connectivity index (χ1v) is 7.57. The van der Waals surface area contributed by atoms with E-state index in [0.29, 0.717) is 22.8 Å². The van der Waals surface area contributed by atoms with Gasteiger partial charge in [0, 0.05) is 10.6 Å². The summed E-state index contributed by atoms with van der Waals surface area (Å²) in [5, 5.41) is 2.83. The molecule has 4 rings (SSSR count). The molecule has 0 saturated heterocycles. The van der Waals surface area contributed by atoms with Crippen molar-refractivity contribution in [1.82, 2.24) is 0 Å². The number of ketones is 1. The molecule has 108 valence electrons. The minimum absolute atomic E-state index is 0.0710. The van der Waals surface area contributed by atoms with Crippen LogP contribution in [0.4, 0.5) is 0 Å². The van der Waals surface area contributed by atoms with E-state index in [1.807, 2.05) is 24.3 Å². The quantitative estimate of drug-likeness (QED) is 0.617. The summed E-state index contributed by atoms with van der Waals surface area (Å²) < 4.78 is 6.07. The van der Waals surface area contributed by atoms with Crippen LogP contribution in [-0.2, 0) is 0 Å². The average molecular weight is 309 g/mol. The van der Waals surface area contributed by atoms with Crippen LogP contribution < -0.4 is 4.74 Å². The van der Waals surface area contributed by atoms with Crippen molar-refractivity contribution in [2.45, 2.75) is 12.5 Å². The lowest BCUT2D eigenvalue weighted by molar-refractivity contribution is 0.0852. The maximum Gasteiger partial charge on any atom is 0.170 e. The highest BCUT2D eigenvalue weighted by molar-refractivity contribution is 6.31. The molecule has 22 heavy (non-hydrogen) atoms. The van der Waals surface area contributed by atoms with Gasteiger partial charge in [0.1, 0.15) is 11.9 Å². The summed E-state index contributed by atoms with van der Waals surface area (Å²) in [6.07, 6.45) is 0.0775. The van der Waals surface area contributed by atoms with Crippen LogP contribution in [0.2, 0.25) is 5.02 Å². The number of halogens is 1. The van der Waals surface area contributed by atoms with Crippen LogP contribution in [-0.4, -0.2) is 5.78 Å². The van der Waals surface area contributed by atoms with Crippen molar-refractivity contribution in [3.8, 4) is 5.75 Å². The van der Waals surface area contributed by atoms with E-state index in [4.69, 9.17) is 16.3 Å². The molecular formula is C19H13ClO2. The zero-order valence-electron chi connectivity index (χ0n) is 11.8. The van der Waals surface area contributed by atoms with Crippen LogP contribution >= 0.6 is 11.6 Å². The minimum atomic E-state index is -0.257. The van der Waals surface area contributed by atoms with Gasteiger partial charge in [-0.2, -0.15) is 0 Å². The van der Waals surface area contributed by atoms with Gasteiger partial charge in [-0.25, -0.2) is 0 Å². The molecule has 3 aromatic rings. The van der Waals surface area contributed by atoms with Gasteiger partial charge in [-0.1, -0.05) is 54.1 Å². The van der Waals surface area contributed by atoms with E-state index >= 15 is 0 Å². The number of carbonyl (C=O) groups is 1. The molecule has 0 aromatic heterocycles. The van der Waals surface area contributed by atoms with Gasteiger partial charge >= 0.3 is 0 Å². The molecule has 1 aliphatic rings. The smallest absolute Gasteiger partial charge is 0.170 e. The number of Topliss-reactive ketones (excluding diaryl/α,β-unsaturated/α-hetero) is 1. The predicted octanol–water partition coefficient (Wildman–Crippen LogP) is 5.20. The molecule has 0 fully saturated rings. The third kappa shape index (κ3) is 2.16. The second-order valence-electron chi connectivity index (χ2n) is 5.44. The summed E-state index contributed by atoms with van der Waals surface area (Å²) >= 11 is 5.97. The second-order valence-corrected chi connectivity index (χ2v) is 5.88. The Bertz CT molecular complexity index is 880. The lowest BCUT2D eigenvalue weighted by atomic mass is 9.93. The van der Waals surface area contributed by atoms with Gasteiger partial charge in [0.05, 0.1) is 12.0 Å². The zero-order valence-corrected chi connectivity index (χ0v) is 12.5. The monoisotopic (exact) mass is 308 g/mol. The Labute approximate surface area is 133 Å². The highest BCUT2D eigenvalue weighted by Gasteiger charge is 2.28. The van der Waals surface area contributed by atoms with E-state index in [0.717, 1.165) is 16.3 Å². The number of carbonyl (C=O) groups excluding carboxylic acids is 1. The molecule has 3 heteroatoms. The number of rotatable bonds is 1. The highest BCUT2D eigenvalue weighted by atomic mass is 35.5. The molecule has 1 unspecified atom stereocenters. The van der Waals surface area contributed by atoms with Crippen molar-refractivity contribution in [1.29, 1.82) is 0 Å². The summed E-state index contributed by atoms with van der Waals surface area (Å²) in [6.45, 7) is 0. The maximum atomic E-state index is 12.4. The van der Waals surface area contributed by atoms with Gasteiger partial charge in [0.2, 0.25) is 0 Å². The van der Waals surface area contributed by atoms with Gasteiger partial charge in [-0.05, 0) is 29.0 Å². The number of fused-ring (bicyclic) bond motifs is 2. The Morgan fingerprint density at radius 2 is 1.82 bits per heavy atom. The highest BCUT2D eigenvalue weighted by Crippen LogP contribution is 2.38. The molecule has 2 nitrogen and oxygen atoms in total. The van der Waals surface area contributed by atoms with Gasteiger partial charge < -0.3 is 4.74 Å². The van der Waals surface area contributed by atoms with Crippen molar-refractivity contribution in [3.05, 3.63) is 76.8 Å². The fourth-order valence-corrected chi connectivity index (χ4v) is 3.17. The molecule has 0 saturated carbocycles. The first-order chi connectivity index (χ1) is 10.7. The van der Waals surface area contributed by atoms with Crippen molar-refractivity contribution in [2.75, 3.05) is 0 Å². The average Bonchev–Trinajstić information content (AvgIpc) is 2.55. The molecule has 0 N–H and O–H groups in total. The number of hydrogen-bond donors (Lipinski definition) is 0. The molecule has 1 heterocycles. The normalized spacial score (nSPS) is 17.1. The third-order valence-corrected chi connectivity index (χ3v) is 4.29. The van der Waals surface area contributed by atoms with Crippen molar-refractivity contribution < 1.29 is 9.53 Å². The predicted molar refractivity (Wildman–Crippen MR) is 87.7 cm³/mol. The Hall–Kier alpha value is -2.32.